The largest absolute Gasteiger partial charge is 0.364 e. The third-order valence-corrected chi connectivity index (χ3v) is 3.51. The fraction of sp³-hybridized carbons (Fsp3) is 0.538. The summed E-state index contributed by atoms with van der Waals surface area (Å²) in [5, 5.41) is 0. The number of piperazine rings is 1. The summed E-state index contributed by atoms with van der Waals surface area (Å²) in [5.41, 5.74) is 6.42. The minimum absolute atomic E-state index is 0.0352. The maximum absolute atomic E-state index is 12.4. The van der Waals surface area contributed by atoms with Crippen LogP contribution in [0.15, 0.2) is 17.1 Å². The highest BCUT2D eigenvalue weighted by molar-refractivity contribution is 5.94. The number of amides is 1. The molecule has 2 heterocycles. The van der Waals surface area contributed by atoms with Crippen LogP contribution >= 0.6 is 0 Å². The summed E-state index contributed by atoms with van der Waals surface area (Å²) in [4.78, 5) is 31.1. The Hall–Kier alpha value is -1.66. The molecule has 1 unspecified atom stereocenters. The fourth-order valence-electron chi connectivity index (χ4n) is 2.37. The maximum atomic E-state index is 12.4. The number of hydrogen-bond acceptors (Lipinski definition) is 4. The van der Waals surface area contributed by atoms with Crippen molar-refractivity contribution < 1.29 is 4.79 Å². The number of nitrogens with one attached hydrogen (secondary N) is 1. The smallest absolute Gasteiger partial charge is 0.259 e. The molecule has 2 rings (SSSR count). The molecule has 1 saturated heterocycles. The van der Waals surface area contributed by atoms with E-state index in [-0.39, 0.29) is 22.9 Å². The summed E-state index contributed by atoms with van der Waals surface area (Å²) >= 11 is 0. The molecule has 1 atom stereocenters. The number of aryl methyl sites for hydroxylation is 1. The van der Waals surface area contributed by atoms with E-state index >= 15 is 0 Å². The molecule has 1 amide bonds. The van der Waals surface area contributed by atoms with Gasteiger partial charge >= 0.3 is 0 Å². The van der Waals surface area contributed by atoms with Crippen LogP contribution in [0.1, 0.15) is 16.1 Å². The van der Waals surface area contributed by atoms with Crippen molar-refractivity contribution in [3.05, 3.63) is 33.7 Å². The normalized spacial score (nSPS) is 20.6. The molecular weight excluding hydrogens is 244 g/mol. The zero-order chi connectivity index (χ0) is 14.0. The van der Waals surface area contributed by atoms with E-state index in [1.807, 2.05) is 7.05 Å². The van der Waals surface area contributed by atoms with Gasteiger partial charge in [-0.2, -0.15) is 0 Å². The number of likely N-dealkylation sites (N-methyl/N-ethyl adjacent to an activating group) is 1. The lowest BCUT2D eigenvalue weighted by Gasteiger charge is -2.39. The highest BCUT2D eigenvalue weighted by Crippen LogP contribution is 2.11. The molecule has 0 bridgehead atoms. The van der Waals surface area contributed by atoms with Crippen LogP contribution in [0, 0.1) is 6.92 Å². The van der Waals surface area contributed by atoms with Crippen molar-refractivity contribution in [3.63, 3.8) is 0 Å². The molecule has 1 aliphatic heterocycles. The number of aromatic nitrogens is 1. The Kier molecular flexibility index (Phi) is 4.01. The second-order valence-electron chi connectivity index (χ2n) is 5.04. The molecule has 19 heavy (non-hydrogen) atoms. The van der Waals surface area contributed by atoms with Gasteiger partial charge in [-0.25, -0.2) is 0 Å². The van der Waals surface area contributed by atoms with Crippen LogP contribution in [0.25, 0.3) is 0 Å². The van der Waals surface area contributed by atoms with Crippen LogP contribution in [0.4, 0.5) is 0 Å². The highest BCUT2D eigenvalue weighted by atomic mass is 16.2. The molecule has 0 radical (unpaired) electrons. The summed E-state index contributed by atoms with van der Waals surface area (Å²) in [5.74, 6) is -0.232. The standard InChI is InChI=1S/C13H20N4O2/c1-9-5-12(18)11(7-15-9)13(19)17-4-3-16(2)8-10(17)6-14/h5,7,10H,3-4,6,8,14H2,1-2H3,(H,15,18). The van der Waals surface area contributed by atoms with E-state index in [2.05, 4.69) is 9.88 Å². The van der Waals surface area contributed by atoms with Gasteiger partial charge in [-0.1, -0.05) is 0 Å². The van der Waals surface area contributed by atoms with Gasteiger partial charge in [-0.3, -0.25) is 9.59 Å². The van der Waals surface area contributed by atoms with Gasteiger partial charge in [0.15, 0.2) is 5.43 Å². The van der Waals surface area contributed by atoms with Crippen molar-refractivity contribution in [3.8, 4) is 0 Å². The minimum Gasteiger partial charge on any atom is -0.364 e. The molecule has 3 N–H and O–H groups in total. The molecule has 1 aromatic rings. The first-order chi connectivity index (χ1) is 9.02. The lowest BCUT2D eigenvalue weighted by atomic mass is 10.1. The van der Waals surface area contributed by atoms with Gasteiger partial charge in [0, 0.05) is 44.1 Å². The Balaban J connectivity index is 2.25. The van der Waals surface area contributed by atoms with E-state index in [4.69, 9.17) is 5.73 Å². The van der Waals surface area contributed by atoms with Crippen LogP contribution in [0.3, 0.4) is 0 Å². The third kappa shape index (κ3) is 2.85. The Bertz CT molecular complexity index is 526. The van der Waals surface area contributed by atoms with Gasteiger partial charge in [0.05, 0.1) is 6.04 Å². The monoisotopic (exact) mass is 264 g/mol. The average Bonchev–Trinajstić information content (AvgIpc) is 2.37. The summed E-state index contributed by atoms with van der Waals surface area (Å²) in [7, 11) is 2.00. The van der Waals surface area contributed by atoms with Crippen LogP contribution in [0.5, 0.6) is 0 Å². The van der Waals surface area contributed by atoms with Crippen molar-refractivity contribution in [2.24, 2.45) is 5.73 Å². The highest BCUT2D eigenvalue weighted by Gasteiger charge is 2.29. The van der Waals surface area contributed by atoms with E-state index in [0.717, 1.165) is 18.8 Å². The van der Waals surface area contributed by atoms with Crippen molar-refractivity contribution in [2.75, 3.05) is 33.2 Å². The topological polar surface area (TPSA) is 82.4 Å². The first kappa shape index (κ1) is 13.8. The Labute approximate surface area is 112 Å². The van der Waals surface area contributed by atoms with Crippen LogP contribution < -0.4 is 11.2 Å². The predicted octanol–water partition coefficient (Wildman–Crippen LogP) is -0.602. The molecular formula is C13H20N4O2. The van der Waals surface area contributed by atoms with Gasteiger partial charge in [0.1, 0.15) is 5.56 Å². The number of hydrogen-bond donors (Lipinski definition) is 2. The molecule has 1 aliphatic rings. The number of pyridine rings is 1. The maximum Gasteiger partial charge on any atom is 0.259 e. The lowest BCUT2D eigenvalue weighted by Crippen LogP contribution is -2.57. The second-order valence-corrected chi connectivity index (χ2v) is 5.04. The number of carbonyl (C=O) groups excluding carboxylic acids is 1. The summed E-state index contributed by atoms with van der Waals surface area (Å²) in [6.07, 6.45) is 1.49. The third-order valence-electron chi connectivity index (χ3n) is 3.51. The zero-order valence-corrected chi connectivity index (χ0v) is 11.3. The molecule has 0 aromatic carbocycles. The van der Waals surface area contributed by atoms with Gasteiger partial charge in [-0.05, 0) is 14.0 Å². The molecule has 6 heteroatoms. The predicted molar refractivity (Wildman–Crippen MR) is 73.2 cm³/mol. The van der Waals surface area contributed by atoms with Crippen molar-refractivity contribution in [1.82, 2.24) is 14.8 Å². The number of aromatic amines is 1. The molecule has 1 aromatic heterocycles. The molecule has 1 fully saturated rings. The molecule has 104 valence electrons. The van der Waals surface area contributed by atoms with E-state index in [0.29, 0.717) is 13.1 Å². The summed E-state index contributed by atoms with van der Waals surface area (Å²) < 4.78 is 0. The van der Waals surface area contributed by atoms with E-state index < -0.39 is 0 Å². The number of nitrogens with two attached hydrogens (primary N) is 1. The van der Waals surface area contributed by atoms with Gasteiger partial charge < -0.3 is 20.5 Å². The minimum atomic E-state index is -0.240. The first-order valence-corrected chi connectivity index (χ1v) is 6.42. The summed E-state index contributed by atoms with van der Waals surface area (Å²) in [6.45, 7) is 4.33. The number of carbonyl (C=O) groups is 1. The van der Waals surface area contributed by atoms with Crippen LogP contribution in [-0.4, -0.2) is 60.0 Å². The van der Waals surface area contributed by atoms with Gasteiger partial charge in [0.2, 0.25) is 0 Å². The fourth-order valence-corrected chi connectivity index (χ4v) is 2.37. The number of rotatable bonds is 2. The number of nitrogens with zero attached hydrogens (tertiary/aromatic N) is 2. The van der Waals surface area contributed by atoms with Gasteiger partial charge in [-0.15, -0.1) is 0 Å². The molecule has 6 nitrogen and oxygen atoms in total. The van der Waals surface area contributed by atoms with Crippen molar-refractivity contribution >= 4 is 5.91 Å². The van der Waals surface area contributed by atoms with Gasteiger partial charge in [0.25, 0.3) is 5.91 Å². The van der Waals surface area contributed by atoms with E-state index in [9.17, 15) is 9.59 Å². The van der Waals surface area contributed by atoms with Crippen LogP contribution in [0.2, 0.25) is 0 Å². The van der Waals surface area contributed by atoms with Crippen molar-refractivity contribution in [1.29, 1.82) is 0 Å². The Morgan fingerprint density at radius 2 is 2.26 bits per heavy atom. The Morgan fingerprint density at radius 3 is 2.89 bits per heavy atom. The quantitative estimate of drug-likeness (QED) is 0.747. The molecule has 0 aliphatic carbocycles. The zero-order valence-electron chi connectivity index (χ0n) is 11.3. The lowest BCUT2D eigenvalue weighted by molar-refractivity contribution is 0.0514. The van der Waals surface area contributed by atoms with Crippen LogP contribution in [-0.2, 0) is 0 Å². The number of H-pyrrole nitrogens is 1. The average molecular weight is 264 g/mol. The summed E-state index contributed by atoms with van der Waals surface area (Å²) in [6, 6.07) is 1.41. The van der Waals surface area contributed by atoms with E-state index in [1.165, 1.54) is 12.3 Å². The first-order valence-electron chi connectivity index (χ1n) is 6.42. The van der Waals surface area contributed by atoms with E-state index in [1.54, 1.807) is 11.8 Å². The molecule has 0 spiro atoms. The van der Waals surface area contributed by atoms with Crippen molar-refractivity contribution in [2.45, 2.75) is 13.0 Å². The SMILES string of the molecule is Cc1cc(=O)c(C(=O)N2CCN(C)CC2CN)c[nH]1. The molecule has 0 saturated carbocycles. The Morgan fingerprint density at radius 1 is 1.53 bits per heavy atom. The second kappa shape index (κ2) is 5.54.